The van der Waals surface area contributed by atoms with Crippen LogP contribution in [0.15, 0.2) is 23.0 Å². The minimum atomic E-state index is -0.515. The number of carbonyl (C=O) groups is 1. The third-order valence-electron chi connectivity index (χ3n) is 2.94. The van der Waals surface area contributed by atoms with Gasteiger partial charge in [0.05, 0.1) is 12.1 Å². The molecule has 1 heterocycles. The van der Waals surface area contributed by atoms with Crippen LogP contribution >= 0.6 is 0 Å². The quantitative estimate of drug-likeness (QED) is 0.500. The summed E-state index contributed by atoms with van der Waals surface area (Å²) in [6.45, 7) is 3.68. The summed E-state index contributed by atoms with van der Waals surface area (Å²) in [4.78, 5) is 26.1. The molecule has 0 spiro atoms. The minimum absolute atomic E-state index is 0.0240. The summed E-state index contributed by atoms with van der Waals surface area (Å²) in [7, 11) is 0. The molecule has 1 aromatic heterocycles. The Morgan fingerprint density at radius 1 is 1.33 bits per heavy atom. The molecule has 0 amide bonds. The lowest BCUT2D eigenvalue weighted by atomic mass is 10.1. The molecule has 112 valence electrons. The van der Waals surface area contributed by atoms with E-state index >= 15 is 0 Å². The molecule has 6 nitrogen and oxygen atoms in total. The molecule has 0 bridgehead atoms. The topological polar surface area (TPSA) is 94.4 Å². The van der Waals surface area contributed by atoms with Crippen LogP contribution in [0.1, 0.15) is 26.7 Å². The number of aromatic amines is 1. The van der Waals surface area contributed by atoms with Crippen LogP contribution in [-0.2, 0) is 4.79 Å². The highest BCUT2D eigenvalue weighted by molar-refractivity contribution is 5.91. The van der Waals surface area contributed by atoms with Crippen LogP contribution in [0.4, 0.5) is 5.69 Å². The van der Waals surface area contributed by atoms with Gasteiger partial charge in [0, 0.05) is 18.0 Å². The highest BCUT2D eigenvalue weighted by Crippen LogP contribution is 2.32. The van der Waals surface area contributed by atoms with Gasteiger partial charge in [-0.25, -0.2) is 0 Å². The second kappa shape index (κ2) is 6.30. The summed E-state index contributed by atoms with van der Waals surface area (Å²) < 4.78 is 10.7. The third kappa shape index (κ3) is 3.34. The standard InChI is InChI=1S/C15H18N2O4/c1-3-4-7-20-14-13(21-9(2)18)11-6-5-10(16)8-12(11)17-15(14)19/h5-6,8H,3-4,7,16H2,1-2H3,(H,17,19). The predicted molar refractivity (Wildman–Crippen MR) is 80.7 cm³/mol. The van der Waals surface area contributed by atoms with Crippen molar-refractivity contribution in [1.29, 1.82) is 0 Å². The lowest BCUT2D eigenvalue weighted by Gasteiger charge is -2.12. The SMILES string of the molecule is CCCCOc1c(OC(C)=O)c2ccc(N)cc2[nH]c1=O. The molecule has 0 aliphatic rings. The number of carbonyl (C=O) groups excluding carboxylic acids is 1. The van der Waals surface area contributed by atoms with Gasteiger partial charge in [-0.2, -0.15) is 0 Å². The number of anilines is 1. The van der Waals surface area contributed by atoms with E-state index < -0.39 is 11.5 Å². The summed E-state index contributed by atoms with van der Waals surface area (Å²) in [6, 6.07) is 4.97. The lowest BCUT2D eigenvalue weighted by Crippen LogP contribution is -2.16. The summed E-state index contributed by atoms with van der Waals surface area (Å²) in [6.07, 6.45) is 1.74. The van der Waals surface area contributed by atoms with Crippen molar-refractivity contribution >= 4 is 22.6 Å². The van der Waals surface area contributed by atoms with Gasteiger partial charge in [0.1, 0.15) is 0 Å². The van der Waals surface area contributed by atoms with E-state index in [9.17, 15) is 9.59 Å². The Labute approximate surface area is 121 Å². The fraction of sp³-hybridized carbons (Fsp3) is 0.333. The summed E-state index contributed by atoms with van der Waals surface area (Å²) >= 11 is 0. The number of nitrogen functional groups attached to an aromatic ring is 1. The van der Waals surface area contributed by atoms with E-state index in [1.165, 1.54) is 6.92 Å². The van der Waals surface area contributed by atoms with E-state index in [2.05, 4.69) is 4.98 Å². The molecule has 0 saturated carbocycles. The van der Waals surface area contributed by atoms with Crippen molar-refractivity contribution in [2.24, 2.45) is 0 Å². The molecule has 1 aromatic carbocycles. The normalized spacial score (nSPS) is 10.6. The summed E-state index contributed by atoms with van der Waals surface area (Å²) in [5, 5.41) is 0.575. The number of hydrogen-bond donors (Lipinski definition) is 2. The van der Waals surface area contributed by atoms with Gasteiger partial charge < -0.3 is 20.2 Å². The van der Waals surface area contributed by atoms with Gasteiger partial charge in [-0.05, 0) is 24.6 Å². The first-order valence-corrected chi connectivity index (χ1v) is 6.79. The average molecular weight is 290 g/mol. The molecule has 21 heavy (non-hydrogen) atoms. The number of fused-ring (bicyclic) bond motifs is 1. The number of hydrogen-bond acceptors (Lipinski definition) is 5. The van der Waals surface area contributed by atoms with Crippen LogP contribution in [0.2, 0.25) is 0 Å². The summed E-state index contributed by atoms with van der Waals surface area (Å²) in [5.74, 6) is -0.354. The summed E-state index contributed by atoms with van der Waals surface area (Å²) in [5.41, 5.74) is 6.26. The molecule has 0 atom stereocenters. The Hall–Kier alpha value is -2.50. The van der Waals surface area contributed by atoms with E-state index in [0.29, 0.717) is 23.2 Å². The number of H-pyrrole nitrogens is 1. The maximum Gasteiger partial charge on any atom is 0.308 e. The second-order valence-electron chi connectivity index (χ2n) is 4.71. The van der Waals surface area contributed by atoms with Gasteiger partial charge in [-0.15, -0.1) is 0 Å². The van der Waals surface area contributed by atoms with Gasteiger partial charge in [0.2, 0.25) is 5.75 Å². The van der Waals surface area contributed by atoms with E-state index in [1.807, 2.05) is 6.92 Å². The number of nitrogens with one attached hydrogen (secondary N) is 1. The Bertz CT molecular complexity index is 721. The second-order valence-corrected chi connectivity index (χ2v) is 4.71. The van der Waals surface area contributed by atoms with Crippen molar-refractivity contribution in [1.82, 2.24) is 4.98 Å². The zero-order valence-corrected chi connectivity index (χ0v) is 12.1. The zero-order valence-electron chi connectivity index (χ0n) is 12.1. The molecule has 2 aromatic rings. The fourth-order valence-corrected chi connectivity index (χ4v) is 1.96. The molecule has 0 aliphatic carbocycles. The van der Waals surface area contributed by atoms with E-state index in [4.69, 9.17) is 15.2 Å². The monoisotopic (exact) mass is 290 g/mol. The van der Waals surface area contributed by atoms with Gasteiger partial charge in [0.25, 0.3) is 5.56 Å². The molecular formula is C15H18N2O4. The number of nitrogens with two attached hydrogens (primary N) is 1. The first kappa shape index (κ1) is 14.9. The van der Waals surface area contributed by atoms with Crippen molar-refractivity contribution < 1.29 is 14.3 Å². The molecule has 2 rings (SSSR count). The van der Waals surface area contributed by atoms with Crippen molar-refractivity contribution in [2.45, 2.75) is 26.7 Å². The van der Waals surface area contributed by atoms with Crippen LogP contribution in [0.3, 0.4) is 0 Å². The molecule has 0 fully saturated rings. The van der Waals surface area contributed by atoms with E-state index in [1.54, 1.807) is 18.2 Å². The maximum absolute atomic E-state index is 12.1. The Kier molecular flexibility index (Phi) is 4.47. The maximum atomic E-state index is 12.1. The number of ether oxygens (including phenoxy) is 2. The number of aromatic nitrogens is 1. The largest absolute Gasteiger partial charge is 0.485 e. The molecule has 0 saturated heterocycles. The molecule has 0 aliphatic heterocycles. The molecule has 6 heteroatoms. The van der Waals surface area contributed by atoms with Crippen molar-refractivity contribution in [3.63, 3.8) is 0 Å². The first-order chi connectivity index (χ1) is 10.0. The highest BCUT2D eigenvalue weighted by Gasteiger charge is 2.17. The molecular weight excluding hydrogens is 272 g/mol. The van der Waals surface area contributed by atoms with Crippen molar-refractivity contribution in [2.75, 3.05) is 12.3 Å². The number of benzene rings is 1. The van der Waals surface area contributed by atoms with E-state index in [-0.39, 0.29) is 11.5 Å². The van der Waals surface area contributed by atoms with Crippen molar-refractivity contribution in [3.05, 3.63) is 28.6 Å². The molecule has 0 unspecified atom stereocenters. The highest BCUT2D eigenvalue weighted by atomic mass is 16.6. The Morgan fingerprint density at radius 2 is 2.10 bits per heavy atom. The minimum Gasteiger partial charge on any atom is -0.485 e. The number of esters is 1. The molecule has 0 radical (unpaired) electrons. The fourth-order valence-electron chi connectivity index (χ4n) is 1.96. The van der Waals surface area contributed by atoms with Gasteiger partial charge >= 0.3 is 5.97 Å². The van der Waals surface area contributed by atoms with Crippen LogP contribution in [0, 0.1) is 0 Å². The van der Waals surface area contributed by atoms with Gasteiger partial charge in [0.15, 0.2) is 5.75 Å². The zero-order chi connectivity index (χ0) is 15.4. The number of rotatable bonds is 5. The average Bonchev–Trinajstić information content (AvgIpc) is 2.41. The van der Waals surface area contributed by atoms with Gasteiger partial charge in [-0.1, -0.05) is 13.3 Å². The first-order valence-electron chi connectivity index (χ1n) is 6.79. The predicted octanol–water partition coefficient (Wildman–Crippen LogP) is 2.21. The van der Waals surface area contributed by atoms with Gasteiger partial charge in [-0.3, -0.25) is 9.59 Å². The van der Waals surface area contributed by atoms with Crippen LogP contribution < -0.4 is 20.8 Å². The van der Waals surface area contributed by atoms with Crippen molar-refractivity contribution in [3.8, 4) is 11.5 Å². The Balaban J connectivity index is 2.59. The van der Waals surface area contributed by atoms with E-state index in [0.717, 1.165) is 12.8 Å². The van der Waals surface area contributed by atoms with Crippen LogP contribution in [0.5, 0.6) is 11.5 Å². The van der Waals surface area contributed by atoms with Crippen LogP contribution in [-0.4, -0.2) is 17.6 Å². The number of unbranched alkanes of at least 4 members (excludes halogenated alkanes) is 1. The third-order valence-corrected chi connectivity index (χ3v) is 2.94. The Morgan fingerprint density at radius 3 is 2.76 bits per heavy atom. The smallest absolute Gasteiger partial charge is 0.308 e. The lowest BCUT2D eigenvalue weighted by molar-refractivity contribution is -0.131. The number of pyridine rings is 1. The van der Waals surface area contributed by atoms with Crippen LogP contribution in [0.25, 0.3) is 10.9 Å². The molecule has 3 N–H and O–H groups in total.